The maximum Gasteiger partial charge on any atom is 0.261 e. The Balaban J connectivity index is 1.71. The first-order valence-electron chi connectivity index (χ1n) is 10.9. The molecule has 0 aliphatic heterocycles. The lowest BCUT2D eigenvalue weighted by atomic mass is 10.1. The number of aryl methyl sites for hydroxylation is 2. The molecule has 1 aliphatic carbocycles. The van der Waals surface area contributed by atoms with Crippen LogP contribution in [-0.4, -0.2) is 35.4 Å². The van der Waals surface area contributed by atoms with Crippen molar-refractivity contribution in [1.29, 1.82) is 0 Å². The maximum atomic E-state index is 13.1. The first kappa shape index (κ1) is 23.3. The number of carbonyl (C=O) groups excluding carboxylic acids is 2. The molecular formula is C25H31BrN2O3. The van der Waals surface area contributed by atoms with Gasteiger partial charge >= 0.3 is 0 Å². The van der Waals surface area contributed by atoms with Gasteiger partial charge in [-0.15, -0.1) is 0 Å². The molecule has 1 fully saturated rings. The lowest BCUT2D eigenvalue weighted by Crippen LogP contribution is -2.50. The fourth-order valence-corrected chi connectivity index (χ4v) is 4.06. The number of rotatable bonds is 8. The van der Waals surface area contributed by atoms with E-state index >= 15 is 0 Å². The minimum atomic E-state index is -0.583. The fraction of sp³-hybridized carbons (Fsp3) is 0.440. The number of ether oxygens (including phenoxy) is 1. The normalized spacial score (nSPS) is 14.8. The molecule has 0 saturated heterocycles. The van der Waals surface area contributed by atoms with Crippen molar-refractivity contribution in [3.63, 3.8) is 0 Å². The topological polar surface area (TPSA) is 58.6 Å². The van der Waals surface area contributed by atoms with E-state index in [1.54, 1.807) is 11.8 Å². The molecule has 2 aromatic rings. The number of halogens is 1. The quantitative estimate of drug-likeness (QED) is 0.575. The highest BCUT2D eigenvalue weighted by Crippen LogP contribution is 2.20. The Morgan fingerprint density at radius 3 is 2.42 bits per heavy atom. The lowest BCUT2D eigenvalue weighted by molar-refractivity contribution is -0.142. The molecule has 0 heterocycles. The van der Waals surface area contributed by atoms with Crippen LogP contribution in [0.2, 0.25) is 0 Å². The predicted octanol–water partition coefficient (Wildman–Crippen LogP) is 4.92. The van der Waals surface area contributed by atoms with Gasteiger partial charge < -0.3 is 15.0 Å². The number of nitrogens with zero attached hydrogens (tertiary/aromatic N) is 1. The van der Waals surface area contributed by atoms with E-state index in [1.165, 1.54) is 5.56 Å². The van der Waals surface area contributed by atoms with E-state index < -0.39 is 6.04 Å². The van der Waals surface area contributed by atoms with Crippen molar-refractivity contribution in [2.24, 2.45) is 0 Å². The highest BCUT2D eigenvalue weighted by atomic mass is 79.9. The van der Waals surface area contributed by atoms with Crippen LogP contribution in [0.1, 0.15) is 49.3 Å². The summed E-state index contributed by atoms with van der Waals surface area (Å²) in [6.07, 6.45) is 4.30. The van der Waals surface area contributed by atoms with E-state index in [0.29, 0.717) is 12.3 Å². The lowest BCUT2D eigenvalue weighted by Gasteiger charge is -2.29. The van der Waals surface area contributed by atoms with Crippen molar-refractivity contribution >= 4 is 27.7 Å². The molecule has 1 saturated carbocycles. The monoisotopic (exact) mass is 486 g/mol. The van der Waals surface area contributed by atoms with Crippen LogP contribution >= 0.6 is 15.9 Å². The van der Waals surface area contributed by atoms with Gasteiger partial charge in [0.2, 0.25) is 5.91 Å². The van der Waals surface area contributed by atoms with Crippen LogP contribution in [0.4, 0.5) is 0 Å². The molecule has 0 bridgehead atoms. The third-order valence-corrected chi connectivity index (χ3v) is 6.50. The number of hydrogen-bond donors (Lipinski definition) is 1. The number of amides is 2. The van der Waals surface area contributed by atoms with Gasteiger partial charge in [0.15, 0.2) is 6.61 Å². The molecule has 2 amide bonds. The Kier molecular flexibility index (Phi) is 8.13. The van der Waals surface area contributed by atoms with Gasteiger partial charge in [-0.05, 0) is 74.6 Å². The smallest absolute Gasteiger partial charge is 0.261 e. The van der Waals surface area contributed by atoms with E-state index in [9.17, 15) is 9.59 Å². The summed E-state index contributed by atoms with van der Waals surface area (Å²) in [4.78, 5) is 27.6. The first-order valence-corrected chi connectivity index (χ1v) is 11.7. The van der Waals surface area contributed by atoms with E-state index in [-0.39, 0.29) is 24.5 Å². The van der Waals surface area contributed by atoms with Crippen LogP contribution in [0.3, 0.4) is 0 Å². The Morgan fingerprint density at radius 1 is 1.10 bits per heavy atom. The van der Waals surface area contributed by atoms with Crippen LogP contribution < -0.4 is 10.1 Å². The minimum Gasteiger partial charge on any atom is -0.484 e. The van der Waals surface area contributed by atoms with Gasteiger partial charge in [0.05, 0.1) is 0 Å². The standard InChI is InChI=1S/C25H31BrN2O3/c1-17-8-13-23(14-18(17)2)31-16-24(29)28(15-20-9-11-21(26)12-10-20)19(3)25(30)27-22-6-4-5-7-22/h8-14,19,22H,4-7,15-16H2,1-3H3,(H,27,30)/t19-/m1/s1. The zero-order chi connectivity index (χ0) is 22.4. The molecule has 2 aromatic carbocycles. The number of carbonyl (C=O) groups is 2. The van der Waals surface area contributed by atoms with Crippen LogP contribution in [0.15, 0.2) is 46.9 Å². The number of benzene rings is 2. The van der Waals surface area contributed by atoms with Crippen LogP contribution in [0, 0.1) is 13.8 Å². The van der Waals surface area contributed by atoms with E-state index in [1.807, 2.05) is 56.3 Å². The summed E-state index contributed by atoms with van der Waals surface area (Å²) in [7, 11) is 0. The Labute approximate surface area is 193 Å². The molecular weight excluding hydrogens is 456 g/mol. The first-order chi connectivity index (χ1) is 14.8. The van der Waals surface area contributed by atoms with Crippen molar-refractivity contribution in [1.82, 2.24) is 10.2 Å². The summed E-state index contributed by atoms with van der Waals surface area (Å²) in [5.41, 5.74) is 3.25. The molecule has 0 aromatic heterocycles. The Hall–Kier alpha value is -2.34. The van der Waals surface area contributed by atoms with Crippen molar-refractivity contribution < 1.29 is 14.3 Å². The Morgan fingerprint density at radius 2 is 1.77 bits per heavy atom. The molecule has 0 radical (unpaired) electrons. The van der Waals surface area contributed by atoms with Gasteiger partial charge in [-0.2, -0.15) is 0 Å². The summed E-state index contributed by atoms with van der Waals surface area (Å²) in [5, 5.41) is 3.12. The third-order valence-electron chi connectivity index (χ3n) is 5.98. The van der Waals surface area contributed by atoms with Gasteiger partial charge in [0.1, 0.15) is 11.8 Å². The predicted molar refractivity (Wildman–Crippen MR) is 126 cm³/mol. The van der Waals surface area contributed by atoms with Crippen molar-refractivity contribution in [2.45, 2.75) is 65.1 Å². The third kappa shape index (κ3) is 6.57. The molecule has 1 aliphatic rings. The maximum absolute atomic E-state index is 13.1. The minimum absolute atomic E-state index is 0.108. The molecule has 166 valence electrons. The van der Waals surface area contributed by atoms with Gasteiger partial charge in [0.25, 0.3) is 5.91 Å². The molecule has 5 nitrogen and oxygen atoms in total. The van der Waals surface area contributed by atoms with Crippen molar-refractivity contribution in [3.8, 4) is 5.75 Å². The van der Waals surface area contributed by atoms with E-state index in [2.05, 4.69) is 21.2 Å². The molecule has 31 heavy (non-hydrogen) atoms. The number of hydrogen-bond acceptors (Lipinski definition) is 3. The highest BCUT2D eigenvalue weighted by Gasteiger charge is 2.28. The molecule has 6 heteroatoms. The molecule has 0 unspecified atom stereocenters. The average molecular weight is 487 g/mol. The second-order valence-corrected chi connectivity index (χ2v) is 9.26. The van der Waals surface area contributed by atoms with Gasteiger partial charge in [-0.3, -0.25) is 9.59 Å². The average Bonchev–Trinajstić information content (AvgIpc) is 3.26. The van der Waals surface area contributed by atoms with Gasteiger partial charge in [-0.1, -0.05) is 47.0 Å². The zero-order valence-electron chi connectivity index (χ0n) is 18.5. The van der Waals surface area contributed by atoms with E-state index in [0.717, 1.165) is 41.3 Å². The largest absolute Gasteiger partial charge is 0.484 e. The second-order valence-electron chi connectivity index (χ2n) is 8.35. The van der Waals surface area contributed by atoms with Crippen LogP contribution in [0.5, 0.6) is 5.75 Å². The van der Waals surface area contributed by atoms with Crippen LogP contribution in [-0.2, 0) is 16.1 Å². The summed E-state index contributed by atoms with van der Waals surface area (Å²) < 4.78 is 6.75. The fourth-order valence-electron chi connectivity index (χ4n) is 3.79. The van der Waals surface area contributed by atoms with Gasteiger partial charge in [-0.25, -0.2) is 0 Å². The summed E-state index contributed by atoms with van der Waals surface area (Å²) in [6, 6.07) is 13.2. The molecule has 3 rings (SSSR count). The number of nitrogens with one attached hydrogen (secondary N) is 1. The Bertz CT molecular complexity index is 907. The highest BCUT2D eigenvalue weighted by molar-refractivity contribution is 9.10. The van der Waals surface area contributed by atoms with Crippen molar-refractivity contribution in [3.05, 3.63) is 63.6 Å². The molecule has 1 atom stereocenters. The zero-order valence-corrected chi connectivity index (χ0v) is 20.1. The summed E-state index contributed by atoms with van der Waals surface area (Å²) in [5.74, 6) is 0.335. The summed E-state index contributed by atoms with van der Waals surface area (Å²) in [6.45, 7) is 6.08. The molecule has 1 N–H and O–H groups in total. The van der Waals surface area contributed by atoms with Crippen molar-refractivity contribution in [2.75, 3.05) is 6.61 Å². The molecule has 0 spiro atoms. The van der Waals surface area contributed by atoms with Crippen LogP contribution in [0.25, 0.3) is 0 Å². The summed E-state index contributed by atoms with van der Waals surface area (Å²) >= 11 is 3.44. The van der Waals surface area contributed by atoms with Gasteiger partial charge in [0, 0.05) is 17.1 Å². The van der Waals surface area contributed by atoms with E-state index in [4.69, 9.17) is 4.74 Å². The second kappa shape index (κ2) is 10.8. The SMILES string of the molecule is Cc1ccc(OCC(=O)N(Cc2ccc(Br)cc2)[C@H](C)C(=O)NC2CCCC2)cc1C.